The summed E-state index contributed by atoms with van der Waals surface area (Å²) in [5.74, 6) is -0.387. The molecule has 1 aliphatic rings. The Labute approximate surface area is 171 Å². The van der Waals surface area contributed by atoms with Gasteiger partial charge in [0.15, 0.2) is 0 Å². The van der Waals surface area contributed by atoms with E-state index in [0.29, 0.717) is 18.5 Å². The van der Waals surface area contributed by atoms with E-state index >= 15 is 0 Å². The lowest BCUT2D eigenvalue weighted by Gasteiger charge is -2.32. The minimum atomic E-state index is -0.261. The summed E-state index contributed by atoms with van der Waals surface area (Å²) >= 11 is 0. The molecule has 0 aromatic heterocycles. The second-order valence-electron chi connectivity index (χ2n) is 7.68. The molecule has 29 heavy (non-hydrogen) atoms. The summed E-state index contributed by atoms with van der Waals surface area (Å²) in [7, 11) is 0. The molecule has 0 bridgehead atoms. The van der Waals surface area contributed by atoms with E-state index in [4.69, 9.17) is 0 Å². The second-order valence-corrected chi connectivity index (χ2v) is 7.68. The number of nitrogens with zero attached hydrogens (tertiary/aromatic N) is 1. The fraction of sp³-hybridized carbons (Fsp3) is 0.391. The van der Waals surface area contributed by atoms with E-state index in [9.17, 15) is 14.0 Å². The summed E-state index contributed by atoms with van der Waals surface area (Å²) in [5, 5.41) is 5.89. The zero-order chi connectivity index (χ0) is 20.8. The van der Waals surface area contributed by atoms with Crippen LogP contribution in [0.4, 0.5) is 10.1 Å². The van der Waals surface area contributed by atoms with Gasteiger partial charge in [0.2, 0.25) is 5.91 Å². The summed E-state index contributed by atoms with van der Waals surface area (Å²) in [6, 6.07) is 12.1. The fourth-order valence-corrected chi connectivity index (χ4v) is 3.64. The number of rotatable bonds is 7. The maximum atomic E-state index is 13.0. The molecule has 0 unspecified atom stereocenters. The highest BCUT2D eigenvalue weighted by Gasteiger charge is 2.23. The summed E-state index contributed by atoms with van der Waals surface area (Å²) < 4.78 is 13.0. The van der Waals surface area contributed by atoms with Crippen molar-refractivity contribution in [3.05, 3.63) is 65.0 Å². The predicted octanol–water partition coefficient (Wildman–Crippen LogP) is 3.08. The number of nitrogens with one attached hydrogen (secondary N) is 2. The maximum Gasteiger partial charge on any atom is 0.251 e. The number of benzene rings is 2. The van der Waals surface area contributed by atoms with Crippen molar-refractivity contribution in [1.29, 1.82) is 0 Å². The molecule has 0 aliphatic carbocycles. The molecule has 3 rings (SSSR count). The van der Waals surface area contributed by atoms with Crippen molar-refractivity contribution in [1.82, 2.24) is 10.6 Å². The standard InChI is InChI=1S/C23H28FN3O2/c1-16(2)26-23(29)20-5-3-7-21-19(20)6-4-14-27(21)15-22(28)25-13-12-17-8-10-18(24)11-9-17/h3,5,7-11,16H,4,6,12-15H2,1-2H3,(H,25,28)(H,26,29). The van der Waals surface area contributed by atoms with Crippen LogP contribution in [-0.2, 0) is 17.6 Å². The molecule has 0 atom stereocenters. The van der Waals surface area contributed by atoms with Crippen molar-refractivity contribution < 1.29 is 14.0 Å². The summed E-state index contributed by atoms with van der Waals surface area (Å²) in [4.78, 5) is 27.0. The number of hydrogen-bond donors (Lipinski definition) is 2. The van der Waals surface area contributed by atoms with Crippen molar-refractivity contribution in [3.8, 4) is 0 Å². The van der Waals surface area contributed by atoms with Gasteiger partial charge in [0.05, 0.1) is 6.54 Å². The summed E-state index contributed by atoms with van der Waals surface area (Å²) in [6.07, 6.45) is 2.39. The van der Waals surface area contributed by atoms with Crippen molar-refractivity contribution >= 4 is 17.5 Å². The van der Waals surface area contributed by atoms with Gasteiger partial charge in [0, 0.05) is 30.4 Å². The van der Waals surface area contributed by atoms with Gasteiger partial charge < -0.3 is 15.5 Å². The van der Waals surface area contributed by atoms with Crippen molar-refractivity contribution in [2.75, 3.05) is 24.5 Å². The van der Waals surface area contributed by atoms with Crippen LogP contribution in [0.25, 0.3) is 0 Å². The van der Waals surface area contributed by atoms with E-state index in [2.05, 4.69) is 10.6 Å². The van der Waals surface area contributed by atoms with Gasteiger partial charge in [-0.25, -0.2) is 4.39 Å². The molecule has 1 heterocycles. The van der Waals surface area contributed by atoms with Gasteiger partial charge in [-0.3, -0.25) is 9.59 Å². The molecule has 0 fully saturated rings. The fourth-order valence-electron chi connectivity index (χ4n) is 3.64. The zero-order valence-corrected chi connectivity index (χ0v) is 17.0. The van der Waals surface area contributed by atoms with Crippen LogP contribution in [-0.4, -0.2) is 37.5 Å². The molecule has 1 aliphatic heterocycles. The number of halogens is 1. The van der Waals surface area contributed by atoms with E-state index in [1.54, 1.807) is 12.1 Å². The Hall–Kier alpha value is -2.89. The Morgan fingerprint density at radius 1 is 1.14 bits per heavy atom. The van der Waals surface area contributed by atoms with Crippen LogP contribution in [0, 0.1) is 5.82 Å². The van der Waals surface area contributed by atoms with Gasteiger partial charge in [-0.05, 0) is 68.5 Å². The lowest BCUT2D eigenvalue weighted by atomic mass is 9.95. The van der Waals surface area contributed by atoms with Gasteiger partial charge >= 0.3 is 0 Å². The molecule has 0 saturated heterocycles. The first-order chi connectivity index (χ1) is 13.9. The van der Waals surface area contributed by atoms with Crippen molar-refractivity contribution in [2.45, 2.75) is 39.2 Å². The number of fused-ring (bicyclic) bond motifs is 1. The lowest BCUT2D eigenvalue weighted by Crippen LogP contribution is -2.41. The molecular weight excluding hydrogens is 369 g/mol. The quantitative estimate of drug-likeness (QED) is 0.755. The molecule has 154 valence electrons. The maximum absolute atomic E-state index is 13.0. The first kappa shape index (κ1) is 20.8. The lowest BCUT2D eigenvalue weighted by molar-refractivity contribution is -0.119. The van der Waals surface area contributed by atoms with E-state index < -0.39 is 0 Å². The van der Waals surface area contributed by atoms with Crippen molar-refractivity contribution in [3.63, 3.8) is 0 Å². The SMILES string of the molecule is CC(C)NC(=O)c1cccc2c1CCCN2CC(=O)NCCc1ccc(F)cc1. The Bertz CT molecular complexity index is 865. The summed E-state index contributed by atoms with van der Waals surface area (Å²) in [5.41, 5.74) is 3.64. The minimum Gasteiger partial charge on any atom is -0.362 e. The van der Waals surface area contributed by atoms with Gasteiger partial charge in [-0.15, -0.1) is 0 Å². The molecular formula is C23H28FN3O2. The Morgan fingerprint density at radius 3 is 2.62 bits per heavy atom. The second kappa shape index (κ2) is 9.54. The molecule has 5 nitrogen and oxygen atoms in total. The Balaban J connectivity index is 1.60. The number of carbonyl (C=O) groups is 2. The molecule has 2 aromatic rings. The van der Waals surface area contributed by atoms with Crippen LogP contribution in [0.2, 0.25) is 0 Å². The molecule has 2 N–H and O–H groups in total. The monoisotopic (exact) mass is 397 g/mol. The highest BCUT2D eigenvalue weighted by molar-refractivity contribution is 5.97. The third-order valence-electron chi connectivity index (χ3n) is 4.99. The molecule has 0 saturated carbocycles. The smallest absolute Gasteiger partial charge is 0.251 e. The van der Waals surface area contributed by atoms with E-state index in [0.717, 1.165) is 36.2 Å². The molecule has 6 heteroatoms. The van der Waals surface area contributed by atoms with E-state index in [1.807, 2.05) is 36.9 Å². The predicted molar refractivity (Wildman–Crippen MR) is 113 cm³/mol. The number of hydrogen-bond acceptors (Lipinski definition) is 3. The Morgan fingerprint density at radius 2 is 1.90 bits per heavy atom. The van der Waals surface area contributed by atoms with E-state index in [-0.39, 0.29) is 30.2 Å². The topological polar surface area (TPSA) is 61.4 Å². The van der Waals surface area contributed by atoms with Crippen LogP contribution in [0.1, 0.15) is 41.8 Å². The highest BCUT2D eigenvalue weighted by atomic mass is 19.1. The number of carbonyl (C=O) groups excluding carboxylic acids is 2. The van der Waals surface area contributed by atoms with Crippen LogP contribution in [0.3, 0.4) is 0 Å². The van der Waals surface area contributed by atoms with E-state index in [1.165, 1.54) is 12.1 Å². The minimum absolute atomic E-state index is 0.0583. The van der Waals surface area contributed by atoms with Gasteiger partial charge in [-0.1, -0.05) is 18.2 Å². The van der Waals surface area contributed by atoms with Gasteiger partial charge in [0.1, 0.15) is 5.82 Å². The van der Waals surface area contributed by atoms with Crippen LogP contribution >= 0.6 is 0 Å². The number of anilines is 1. The largest absolute Gasteiger partial charge is 0.362 e. The molecule has 0 radical (unpaired) electrons. The summed E-state index contributed by atoms with van der Waals surface area (Å²) in [6.45, 7) is 5.42. The third kappa shape index (κ3) is 5.56. The zero-order valence-electron chi connectivity index (χ0n) is 17.0. The van der Waals surface area contributed by atoms with Gasteiger partial charge in [-0.2, -0.15) is 0 Å². The molecule has 2 aromatic carbocycles. The third-order valence-corrected chi connectivity index (χ3v) is 4.99. The highest BCUT2D eigenvalue weighted by Crippen LogP contribution is 2.29. The Kier molecular flexibility index (Phi) is 6.86. The molecule has 2 amide bonds. The normalized spacial score (nSPS) is 13.2. The first-order valence-corrected chi connectivity index (χ1v) is 10.1. The van der Waals surface area contributed by atoms with Crippen LogP contribution in [0.5, 0.6) is 0 Å². The van der Waals surface area contributed by atoms with Crippen molar-refractivity contribution in [2.24, 2.45) is 0 Å². The van der Waals surface area contributed by atoms with Crippen LogP contribution < -0.4 is 15.5 Å². The molecule has 0 spiro atoms. The average Bonchev–Trinajstić information content (AvgIpc) is 2.69. The average molecular weight is 397 g/mol. The first-order valence-electron chi connectivity index (χ1n) is 10.1. The van der Waals surface area contributed by atoms with Crippen LogP contribution in [0.15, 0.2) is 42.5 Å². The number of amides is 2. The van der Waals surface area contributed by atoms with Gasteiger partial charge in [0.25, 0.3) is 5.91 Å².